The number of fused-ring (bicyclic) bond motifs is 5. The van der Waals surface area contributed by atoms with Crippen LogP contribution in [0.1, 0.15) is 23.1 Å². The van der Waals surface area contributed by atoms with E-state index in [0.29, 0.717) is 0 Å². The van der Waals surface area contributed by atoms with Crippen molar-refractivity contribution in [3.05, 3.63) is 108 Å². The van der Waals surface area contributed by atoms with E-state index in [4.69, 9.17) is 4.42 Å². The van der Waals surface area contributed by atoms with Gasteiger partial charge in [-0.2, -0.15) is 0 Å². The van der Waals surface area contributed by atoms with Crippen molar-refractivity contribution in [2.24, 2.45) is 0 Å². The van der Waals surface area contributed by atoms with Gasteiger partial charge in [0.25, 0.3) is 0 Å². The predicted octanol–water partition coefficient (Wildman–Crippen LogP) is 4.81. The number of aromatic nitrogens is 4. The van der Waals surface area contributed by atoms with Gasteiger partial charge in [0.05, 0.1) is 23.3 Å². The van der Waals surface area contributed by atoms with Crippen molar-refractivity contribution in [1.29, 1.82) is 0 Å². The molecule has 1 aliphatic heterocycles. The SMILES string of the molecule is c1ccc(-c2nnn3c2C(c2ccco2)c2cccn2-c2ccccc2-3)cc1. The third-order valence-corrected chi connectivity index (χ3v) is 5.30. The van der Waals surface area contributed by atoms with Crippen molar-refractivity contribution < 1.29 is 4.42 Å². The van der Waals surface area contributed by atoms with Crippen molar-refractivity contribution in [3.8, 4) is 22.6 Å². The Bertz CT molecular complexity index is 1270. The summed E-state index contributed by atoms with van der Waals surface area (Å²) >= 11 is 0. The lowest BCUT2D eigenvalue weighted by molar-refractivity contribution is 0.495. The fraction of sp³-hybridized carbons (Fsp3) is 0.0435. The minimum atomic E-state index is -0.123. The van der Waals surface area contributed by atoms with Gasteiger partial charge in [-0.1, -0.05) is 47.7 Å². The zero-order valence-corrected chi connectivity index (χ0v) is 14.9. The minimum Gasteiger partial charge on any atom is -0.468 e. The molecule has 28 heavy (non-hydrogen) atoms. The predicted molar refractivity (Wildman–Crippen MR) is 106 cm³/mol. The normalized spacial score (nSPS) is 14.8. The standard InChI is InChI=1S/C23H16N4O/c1-2-8-16(9-3-1)22-23-21(20-13-7-15-28-20)19-12-6-14-26(19)17-10-4-5-11-18(17)27(23)25-24-22/h1-15,21H. The Morgan fingerprint density at radius 1 is 0.786 bits per heavy atom. The minimum absolute atomic E-state index is 0.123. The zero-order chi connectivity index (χ0) is 18.5. The van der Waals surface area contributed by atoms with Crippen molar-refractivity contribution >= 4 is 0 Å². The maximum atomic E-state index is 5.89. The highest BCUT2D eigenvalue weighted by atomic mass is 16.3. The van der Waals surface area contributed by atoms with Gasteiger partial charge in [0.2, 0.25) is 0 Å². The summed E-state index contributed by atoms with van der Waals surface area (Å²) in [7, 11) is 0. The third kappa shape index (κ3) is 2.07. The molecule has 0 radical (unpaired) electrons. The highest BCUT2D eigenvalue weighted by molar-refractivity contribution is 5.68. The Kier molecular flexibility index (Phi) is 3.17. The largest absolute Gasteiger partial charge is 0.468 e. The summed E-state index contributed by atoms with van der Waals surface area (Å²) in [4.78, 5) is 0. The molecule has 1 atom stereocenters. The van der Waals surface area contributed by atoms with E-state index in [1.54, 1.807) is 6.26 Å². The molecular weight excluding hydrogens is 348 g/mol. The first-order valence-corrected chi connectivity index (χ1v) is 9.23. The third-order valence-electron chi connectivity index (χ3n) is 5.30. The van der Waals surface area contributed by atoms with Crippen LogP contribution in [0.4, 0.5) is 0 Å². The Labute approximate surface area is 161 Å². The summed E-state index contributed by atoms with van der Waals surface area (Å²) in [6, 6.07) is 26.6. The molecule has 0 aliphatic carbocycles. The molecule has 1 aliphatic rings. The number of furan rings is 1. The second kappa shape index (κ2) is 5.82. The molecule has 2 aromatic carbocycles. The number of rotatable bonds is 2. The topological polar surface area (TPSA) is 48.8 Å². The fourth-order valence-electron chi connectivity index (χ4n) is 4.10. The molecule has 0 spiro atoms. The van der Waals surface area contributed by atoms with Crippen LogP contribution >= 0.6 is 0 Å². The van der Waals surface area contributed by atoms with Gasteiger partial charge in [-0.25, -0.2) is 4.68 Å². The van der Waals surface area contributed by atoms with E-state index in [0.717, 1.165) is 39.8 Å². The van der Waals surface area contributed by atoms with Crippen molar-refractivity contribution in [2.45, 2.75) is 5.92 Å². The van der Waals surface area contributed by atoms with E-state index in [9.17, 15) is 0 Å². The summed E-state index contributed by atoms with van der Waals surface area (Å²) < 4.78 is 10.1. The van der Waals surface area contributed by atoms with Crippen LogP contribution in [0.5, 0.6) is 0 Å². The van der Waals surface area contributed by atoms with Gasteiger partial charge in [-0.15, -0.1) is 5.10 Å². The first kappa shape index (κ1) is 15.2. The number of hydrogen-bond donors (Lipinski definition) is 0. The molecule has 0 saturated heterocycles. The van der Waals surface area contributed by atoms with Gasteiger partial charge in [-0.05, 0) is 36.4 Å². The van der Waals surface area contributed by atoms with E-state index >= 15 is 0 Å². The first-order valence-electron chi connectivity index (χ1n) is 9.23. The summed E-state index contributed by atoms with van der Waals surface area (Å²) in [5.41, 5.74) is 6.11. The number of nitrogens with zero attached hydrogens (tertiary/aromatic N) is 4. The molecule has 1 unspecified atom stereocenters. The Morgan fingerprint density at radius 2 is 1.61 bits per heavy atom. The monoisotopic (exact) mass is 364 g/mol. The molecule has 5 nitrogen and oxygen atoms in total. The quantitative estimate of drug-likeness (QED) is 0.443. The molecule has 3 aromatic heterocycles. The van der Waals surface area contributed by atoms with Crippen LogP contribution in [-0.2, 0) is 0 Å². The lowest BCUT2D eigenvalue weighted by Gasteiger charge is -2.16. The molecule has 6 rings (SSSR count). The van der Waals surface area contributed by atoms with E-state index < -0.39 is 0 Å². The lowest BCUT2D eigenvalue weighted by Crippen LogP contribution is -2.09. The molecule has 5 aromatic rings. The highest BCUT2D eigenvalue weighted by Gasteiger charge is 2.34. The summed E-state index contributed by atoms with van der Waals surface area (Å²) in [5.74, 6) is 0.746. The highest BCUT2D eigenvalue weighted by Crippen LogP contribution is 2.42. The Hall–Kier alpha value is -3.86. The maximum Gasteiger partial charge on any atom is 0.118 e. The second-order valence-corrected chi connectivity index (χ2v) is 6.84. The van der Waals surface area contributed by atoms with Crippen LogP contribution in [0.15, 0.2) is 95.7 Å². The van der Waals surface area contributed by atoms with Crippen LogP contribution in [0.3, 0.4) is 0 Å². The average Bonchev–Trinajstić information content (AvgIpc) is 3.50. The van der Waals surface area contributed by atoms with Gasteiger partial charge in [0.15, 0.2) is 0 Å². The number of hydrogen-bond acceptors (Lipinski definition) is 3. The Balaban J connectivity index is 1.74. The van der Waals surface area contributed by atoms with Gasteiger partial charge >= 0.3 is 0 Å². The second-order valence-electron chi connectivity index (χ2n) is 6.84. The molecular formula is C23H16N4O. The van der Waals surface area contributed by atoms with Gasteiger partial charge in [0.1, 0.15) is 17.4 Å². The van der Waals surface area contributed by atoms with Crippen molar-refractivity contribution in [1.82, 2.24) is 19.6 Å². The summed E-state index contributed by atoms with van der Waals surface area (Å²) in [6.45, 7) is 0. The van der Waals surface area contributed by atoms with Crippen molar-refractivity contribution in [2.75, 3.05) is 0 Å². The summed E-state index contributed by atoms with van der Waals surface area (Å²) in [6.07, 6.45) is 3.81. The zero-order valence-electron chi connectivity index (χ0n) is 14.9. The summed E-state index contributed by atoms with van der Waals surface area (Å²) in [5, 5.41) is 9.16. The van der Waals surface area contributed by atoms with Crippen molar-refractivity contribution in [3.63, 3.8) is 0 Å². The average molecular weight is 364 g/mol. The molecule has 4 heterocycles. The Morgan fingerprint density at radius 3 is 2.43 bits per heavy atom. The van der Waals surface area contributed by atoms with E-state index in [1.165, 1.54) is 0 Å². The van der Waals surface area contributed by atoms with Crippen LogP contribution in [0, 0.1) is 0 Å². The van der Waals surface area contributed by atoms with Gasteiger partial charge in [0, 0.05) is 17.5 Å². The number of para-hydroxylation sites is 2. The van der Waals surface area contributed by atoms with Gasteiger partial charge in [-0.3, -0.25) is 0 Å². The maximum absolute atomic E-state index is 5.89. The van der Waals surface area contributed by atoms with Crippen LogP contribution in [-0.4, -0.2) is 19.6 Å². The molecule has 0 saturated carbocycles. The van der Waals surface area contributed by atoms with Crippen LogP contribution < -0.4 is 0 Å². The molecule has 0 fully saturated rings. The van der Waals surface area contributed by atoms with Crippen LogP contribution in [0.2, 0.25) is 0 Å². The lowest BCUT2D eigenvalue weighted by atomic mass is 9.94. The van der Waals surface area contributed by atoms with E-state index in [-0.39, 0.29) is 5.92 Å². The molecule has 5 heteroatoms. The smallest absolute Gasteiger partial charge is 0.118 e. The van der Waals surface area contributed by atoms with E-state index in [1.807, 2.05) is 47.1 Å². The van der Waals surface area contributed by atoms with E-state index in [2.05, 4.69) is 57.5 Å². The molecule has 0 amide bonds. The first-order chi connectivity index (χ1) is 13.9. The van der Waals surface area contributed by atoms with Gasteiger partial charge < -0.3 is 8.98 Å². The van der Waals surface area contributed by atoms with Crippen LogP contribution in [0.25, 0.3) is 22.6 Å². The molecule has 0 N–H and O–H groups in total. The molecule has 134 valence electrons. The number of benzene rings is 2. The molecule has 0 bridgehead atoms. The fourth-order valence-corrected chi connectivity index (χ4v) is 4.10.